The number of amides is 1. The smallest absolute Gasteiger partial charge is 0.241 e. The molecule has 3 N–H and O–H groups in total. The Kier molecular flexibility index (Phi) is 4.57. The van der Waals surface area contributed by atoms with E-state index in [4.69, 9.17) is 5.73 Å². The van der Waals surface area contributed by atoms with Crippen LogP contribution in [0.2, 0.25) is 0 Å². The molecular weight excluding hydrogens is 262 g/mol. The zero-order chi connectivity index (χ0) is 15.6. The summed E-state index contributed by atoms with van der Waals surface area (Å²) in [5.41, 5.74) is 7.47. The van der Waals surface area contributed by atoms with Crippen molar-refractivity contribution in [3.8, 4) is 0 Å². The van der Waals surface area contributed by atoms with Crippen LogP contribution in [-0.2, 0) is 4.79 Å². The lowest BCUT2D eigenvalue weighted by molar-refractivity contribution is -0.120. The number of likely N-dealkylation sites (tertiary alicyclic amines) is 1. The number of nitrogen functional groups attached to an aromatic ring is 1. The molecular formula is C17H27N3O. The van der Waals surface area contributed by atoms with Gasteiger partial charge in [-0.2, -0.15) is 0 Å². The van der Waals surface area contributed by atoms with Crippen molar-refractivity contribution in [2.24, 2.45) is 11.3 Å². The predicted molar refractivity (Wildman–Crippen MR) is 88.1 cm³/mol. The van der Waals surface area contributed by atoms with Gasteiger partial charge < -0.3 is 11.1 Å². The Labute approximate surface area is 127 Å². The number of anilines is 2. The van der Waals surface area contributed by atoms with Crippen LogP contribution in [0.25, 0.3) is 0 Å². The van der Waals surface area contributed by atoms with Crippen molar-refractivity contribution in [1.29, 1.82) is 0 Å². The van der Waals surface area contributed by atoms with E-state index in [0.717, 1.165) is 19.5 Å². The number of hydrogen-bond acceptors (Lipinski definition) is 3. The minimum atomic E-state index is -0.128. The van der Waals surface area contributed by atoms with Gasteiger partial charge >= 0.3 is 0 Å². The van der Waals surface area contributed by atoms with Crippen molar-refractivity contribution >= 4 is 17.3 Å². The molecule has 0 bridgehead atoms. The van der Waals surface area contributed by atoms with Gasteiger partial charge in [0, 0.05) is 6.54 Å². The summed E-state index contributed by atoms with van der Waals surface area (Å²) >= 11 is 0. The minimum absolute atomic E-state index is 0.0162. The zero-order valence-corrected chi connectivity index (χ0v) is 13.5. The lowest BCUT2D eigenvalue weighted by Crippen LogP contribution is -2.41. The van der Waals surface area contributed by atoms with Crippen LogP contribution in [0.1, 0.15) is 34.1 Å². The summed E-state index contributed by atoms with van der Waals surface area (Å²) in [6, 6.07) is 7.25. The van der Waals surface area contributed by atoms with Crippen molar-refractivity contribution in [2.45, 2.75) is 40.2 Å². The molecule has 1 aromatic carbocycles. The molecule has 4 heteroatoms. The fourth-order valence-corrected chi connectivity index (χ4v) is 2.86. The monoisotopic (exact) mass is 289 g/mol. The molecule has 1 saturated heterocycles. The molecule has 1 heterocycles. The van der Waals surface area contributed by atoms with Gasteiger partial charge in [-0.25, -0.2) is 0 Å². The quantitative estimate of drug-likeness (QED) is 0.841. The van der Waals surface area contributed by atoms with Crippen molar-refractivity contribution < 1.29 is 4.79 Å². The number of para-hydroxylation sites is 2. The maximum Gasteiger partial charge on any atom is 0.241 e. The Hall–Kier alpha value is -1.55. The van der Waals surface area contributed by atoms with E-state index in [-0.39, 0.29) is 11.9 Å². The highest BCUT2D eigenvalue weighted by Crippen LogP contribution is 2.34. The highest BCUT2D eigenvalue weighted by Gasteiger charge is 2.35. The first-order valence-corrected chi connectivity index (χ1v) is 7.68. The van der Waals surface area contributed by atoms with Gasteiger partial charge in [-0.3, -0.25) is 9.69 Å². The maximum absolute atomic E-state index is 12.4. The second kappa shape index (κ2) is 6.06. The minimum Gasteiger partial charge on any atom is -0.397 e. The number of nitrogens with two attached hydrogens (primary N) is 1. The van der Waals surface area contributed by atoms with E-state index < -0.39 is 0 Å². The topological polar surface area (TPSA) is 58.4 Å². The van der Waals surface area contributed by atoms with E-state index in [1.54, 1.807) is 6.07 Å². The van der Waals surface area contributed by atoms with Crippen molar-refractivity contribution in [2.75, 3.05) is 24.1 Å². The van der Waals surface area contributed by atoms with Gasteiger partial charge in [0.1, 0.15) is 0 Å². The number of hydrogen-bond donors (Lipinski definition) is 2. The molecule has 0 aliphatic carbocycles. The third-order valence-corrected chi connectivity index (χ3v) is 4.59. The van der Waals surface area contributed by atoms with Crippen molar-refractivity contribution in [1.82, 2.24) is 4.90 Å². The maximum atomic E-state index is 12.4. The van der Waals surface area contributed by atoms with Gasteiger partial charge in [-0.1, -0.05) is 32.9 Å². The summed E-state index contributed by atoms with van der Waals surface area (Å²) in [7, 11) is 0. The molecule has 2 unspecified atom stereocenters. The average Bonchev–Trinajstić information content (AvgIpc) is 2.90. The van der Waals surface area contributed by atoms with Gasteiger partial charge in [0.25, 0.3) is 0 Å². The third-order valence-electron chi connectivity index (χ3n) is 4.59. The second-order valence-corrected chi connectivity index (χ2v) is 7.10. The molecule has 0 radical (unpaired) electrons. The van der Waals surface area contributed by atoms with Gasteiger partial charge in [0.05, 0.1) is 17.4 Å². The number of carbonyl (C=O) groups excluding carboxylic acids is 1. The molecule has 0 aromatic heterocycles. The van der Waals surface area contributed by atoms with Gasteiger partial charge in [0.15, 0.2) is 0 Å². The van der Waals surface area contributed by atoms with Crippen molar-refractivity contribution in [3.05, 3.63) is 24.3 Å². The summed E-state index contributed by atoms with van der Waals surface area (Å²) < 4.78 is 0. The van der Waals surface area contributed by atoms with Crippen LogP contribution in [0, 0.1) is 11.3 Å². The standard InChI is InChI=1S/C17H27N3O/c1-12(20-10-9-13(11-20)17(2,3)4)16(21)19-15-8-6-5-7-14(15)18/h5-8,12-13H,9-11,18H2,1-4H3,(H,19,21). The fourth-order valence-electron chi connectivity index (χ4n) is 2.86. The lowest BCUT2D eigenvalue weighted by Gasteiger charge is -2.29. The molecule has 1 aliphatic rings. The second-order valence-electron chi connectivity index (χ2n) is 7.10. The largest absolute Gasteiger partial charge is 0.397 e. The molecule has 4 nitrogen and oxygen atoms in total. The van der Waals surface area contributed by atoms with Crippen LogP contribution >= 0.6 is 0 Å². The summed E-state index contributed by atoms with van der Waals surface area (Å²) in [6.07, 6.45) is 1.16. The number of nitrogens with zero attached hydrogens (tertiary/aromatic N) is 1. The van der Waals surface area contributed by atoms with Crippen molar-refractivity contribution in [3.63, 3.8) is 0 Å². The average molecular weight is 289 g/mol. The number of carbonyl (C=O) groups is 1. The highest BCUT2D eigenvalue weighted by atomic mass is 16.2. The van der Waals surface area contributed by atoms with Crippen LogP contribution < -0.4 is 11.1 Å². The van der Waals surface area contributed by atoms with Crippen LogP contribution in [0.5, 0.6) is 0 Å². The number of benzene rings is 1. The van der Waals surface area contributed by atoms with E-state index >= 15 is 0 Å². The molecule has 2 rings (SSSR count). The summed E-state index contributed by atoms with van der Waals surface area (Å²) in [5, 5.41) is 2.93. The summed E-state index contributed by atoms with van der Waals surface area (Å²) in [6.45, 7) is 10.8. The molecule has 1 aliphatic heterocycles. The molecule has 2 atom stereocenters. The normalized spacial score (nSPS) is 21.2. The lowest BCUT2D eigenvalue weighted by atomic mass is 9.80. The van der Waals surface area contributed by atoms with Gasteiger partial charge in [-0.05, 0) is 43.4 Å². The Balaban J connectivity index is 1.96. The molecule has 21 heavy (non-hydrogen) atoms. The highest BCUT2D eigenvalue weighted by molar-refractivity contribution is 5.97. The van der Waals surface area contributed by atoms with E-state index in [2.05, 4.69) is 31.0 Å². The summed E-state index contributed by atoms with van der Waals surface area (Å²) in [5.74, 6) is 0.664. The molecule has 116 valence electrons. The molecule has 0 spiro atoms. The molecule has 1 amide bonds. The Bertz CT molecular complexity index is 507. The van der Waals surface area contributed by atoms with Crippen LogP contribution in [-0.4, -0.2) is 29.9 Å². The first-order chi connectivity index (χ1) is 9.79. The van der Waals surface area contributed by atoms with E-state index in [9.17, 15) is 4.79 Å². The first-order valence-electron chi connectivity index (χ1n) is 7.68. The Morgan fingerprint density at radius 3 is 2.62 bits per heavy atom. The molecule has 1 aromatic rings. The third kappa shape index (κ3) is 3.76. The number of rotatable bonds is 3. The van der Waals surface area contributed by atoms with E-state index in [1.165, 1.54) is 0 Å². The summed E-state index contributed by atoms with van der Waals surface area (Å²) in [4.78, 5) is 14.7. The Morgan fingerprint density at radius 1 is 1.38 bits per heavy atom. The van der Waals surface area contributed by atoms with E-state index in [0.29, 0.717) is 22.7 Å². The van der Waals surface area contributed by atoms with Crippen LogP contribution in [0.4, 0.5) is 11.4 Å². The van der Waals surface area contributed by atoms with E-state index in [1.807, 2.05) is 25.1 Å². The van der Waals surface area contributed by atoms with Crippen LogP contribution in [0.3, 0.4) is 0 Å². The number of nitrogens with one attached hydrogen (secondary N) is 1. The SMILES string of the molecule is CC(C(=O)Nc1ccccc1N)N1CCC(C(C)(C)C)C1. The van der Waals surface area contributed by atoms with Gasteiger partial charge in [-0.15, -0.1) is 0 Å². The van der Waals surface area contributed by atoms with Crippen LogP contribution in [0.15, 0.2) is 24.3 Å². The zero-order valence-electron chi connectivity index (χ0n) is 13.5. The predicted octanol–water partition coefficient (Wildman–Crippen LogP) is 2.96. The molecule has 1 fully saturated rings. The first kappa shape index (κ1) is 15.8. The fraction of sp³-hybridized carbons (Fsp3) is 0.588. The molecule has 0 saturated carbocycles. The Morgan fingerprint density at radius 2 is 2.05 bits per heavy atom. The van der Waals surface area contributed by atoms with Gasteiger partial charge in [0.2, 0.25) is 5.91 Å².